The largest absolute Gasteiger partial charge is 0.497 e. The Bertz CT molecular complexity index is 739. The molecule has 2 aromatic rings. The van der Waals surface area contributed by atoms with Crippen molar-refractivity contribution in [3.05, 3.63) is 59.7 Å². The van der Waals surface area contributed by atoms with Crippen molar-refractivity contribution < 1.29 is 14.3 Å². The lowest BCUT2D eigenvalue weighted by atomic mass is 9.87. The maximum atomic E-state index is 12.8. The minimum Gasteiger partial charge on any atom is -0.497 e. The average Bonchev–Trinajstić information content (AvgIpc) is 2.66. The summed E-state index contributed by atoms with van der Waals surface area (Å²) in [4.78, 5) is 12.8. The molecule has 0 saturated carbocycles. The van der Waals surface area contributed by atoms with Crippen LogP contribution in [-0.2, 0) is 11.2 Å². The molecule has 0 radical (unpaired) electrons. The van der Waals surface area contributed by atoms with Crippen molar-refractivity contribution in [2.75, 3.05) is 27.3 Å². The van der Waals surface area contributed by atoms with Gasteiger partial charge in [-0.3, -0.25) is 4.79 Å². The van der Waals surface area contributed by atoms with Crippen molar-refractivity contribution in [2.24, 2.45) is 11.8 Å². The lowest BCUT2D eigenvalue weighted by molar-refractivity contribution is -0.127. The van der Waals surface area contributed by atoms with E-state index in [4.69, 9.17) is 9.47 Å². The Kier molecular flexibility index (Phi) is 6.35. The third-order valence-corrected chi connectivity index (χ3v) is 5.37. The van der Waals surface area contributed by atoms with Crippen LogP contribution < -0.4 is 20.1 Å². The van der Waals surface area contributed by atoms with Crippen LogP contribution in [0.1, 0.15) is 24.1 Å². The summed E-state index contributed by atoms with van der Waals surface area (Å²) in [5, 5.41) is 6.50. The van der Waals surface area contributed by atoms with Gasteiger partial charge in [-0.15, -0.1) is 0 Å². The maximum Gasteiger partial charge on any atom is 0.223 e. The highest BCUT2D eigenvalue weighted by Crippen LogP contribution is 2.24. The third kappa shape index (κ3) is 4.80. The van der Waals surface area contributed by atoms with E-state index in [2.05, 4.69) is 10.6 Å². The summed E-state index contributed by atoms with van der Waals surface area (Å²) in [6, 6.07) is 15.8. The van der Waals surface area contributed by atoms with E-state index in [1.807, 2.05) is 55.5 Å². The van der Waals surface area contributed by atoms with Crippen LogP contribution in [0.2, 0.25) is 0 Å². The minimum atomic E-state index is -0.0905. The van der Waals surface area contributed by atoms with Gasteiger partial charge in [-0.1, -0.05) is 31.2 Å². The van der Waals surface area contributed by atoms with Crippen LogP contribution in [0.3, 0.4) is 0 Å². The highest BCUT2D eigenvalue weighted by molar-refractivity contribution is 5.79. The summed E-state index contributed by atoms with van der Waals surface area (Å²) in [7, 11) is 3.31. The van der Waals surface area contributed by atoms with E-state index in [9.17, 15) is 4.79 Å². The van der Waals surface area contributed by atoms with Crippen LogP contribution in [0, 0.1) is 11.8 Å². The number of carbonyl (C=O) groups is 1. The third-order valence-electron chi connectivity index (χ3n) is 5.37. The average molecular weight is 368 g/mol. The molecule has 0 bridgehead atoms. The number of hydrogen-bond donors (Lipinski definition) is 2. The van der Waals surface area contributed by atoms with Crippen molar-refractivity contribution in [2.45, 2.75) is 19.4 Å². The van der Waals surface area contributed by atoms with Gasteiger partial charge in [-0.25, -0.2) is 0 Å². The molecule has 5 nitrogen and oxygen atoms in total. The Hall–Kier alpha value is -2.53. The summed E-state index contributed by atoms with van der Waals surface area (Å²) in [5.74, 6) is 2.17. The van der Waals surface area contributed by atoms with Crippen molar-refractivity contribution in [3.63, 3.8) is 0 Å². The second-order valence-corrected chi connectivity index (χ2v) is 7.09. The van der Waals surface area contributed by atoms with E-state index in [-0.39, 0.29) is 17.9 Å². The fourth-order valence-electron chi connectivity index (χ4n) is 3.27. The first-order valence-electron chi connectivity index (χ1n) is 9.38. The molecule has 0 spiro atoms. The SMILES string of the molecule is COc1ccc(CC(NC(=O)C(C)C2CNC2)c2ccc(OC)cc2)cc1. The number of rotatable bonds is 8. The molecule has 1 heterocycles. The van der Waals surface area contributed by atoms with Gasteiger partial charge in [0.25, 0.3) is 0 Å². The van der Waals surface area contributed by atoms with Gasteiger partial charge in [0.1, 0.15) is 11.5 Å². The van der Waals surface area contributed by atoms with Crippen LogP contribution in [0.15, 0.2) is 48.5 Å². The molecule has 1 aliphatic heterocycles. The summed E-state index contributed by atoms with van der Waals surface area (Å²) in [6.07, 6.45) is 0.720. The predicted molar refractivity (Wildman–Crippen MR) is 106 cm³/mol. The zero-order chi connectivity index (χ0) is 19.2. The molecule has 2 aromatic carbocycles. The van der Waals surface area contributed by atoms with Crippen LogP contribution in [0.25, 0.3) is 0 Å². The number of methoxy groups -OCH3 is 2. The maximum absolute atomic E-state index is 12.8. The van der Waals surface area contributed by atoms with Gasteiger partial charge < -0.3 is 20.1 Å². The zero-order valence-electron chi connectivity index (χ0n) is 16.2. The van der Waals surface area contributed by atoms with Gasteiger partial charge in [0.15, 0.2) is 0 Å². The van der Waals surface area contributed by atoms with Crippen LogP contribution in [0.5, 0.6) is 11.5 Å². The molecule has 5 heteroatoms. The topological polar surface area (TPSA) is 59.6 Å². The number of nitrogens with one attached hydrogen (secondary N) is 2. The van der Waals surface area contributed by atoms with Gasteiger partial charge in [0, 0.05) is 5.92 Å². The number of amides is 1. The molecule has 1 saturated heterocycles. The first-order chi connectivity index (χ1) is 13.1. The van der Waals surface area contributed by atoms with E-state index in [1.54, 1.807) is 14.2 Å². The lowest BCUT2D eigenvalue weighted by Crippen LogP contribution is -2.50. The predicted octanol–water partition coefficient (Wildman–Crippen LogP) is 2.96. The Balaban J connectivity index is 1.76. The Morgan fingerprint density at radius 3 is 2.07 bits per heavy atom. The second kappa shape index (κ2) is 8.91. The van der Waals surface area contributed by atoms with E-state index < -0.39 is 0 Å². The highest BCUT2D eigenvalue weighted by atomic mass is 16.5. The molecule has 0 aliphatic carbocycles. The fourth-order valence-corrected chi connectivity index (χ4v) is 3.27. The summed E-state index contributed by atoms with van der Waals surface area (Å²) in [5.41, 5.74) is 2.22. The van der Waals surface area contributed by atoms with Crippen LogP contribution >= 0.6 is 0 Å². The molecule has 2 unspecified atom stereocenters. The second-order valence-electron chi connectivity index (χ2n) is 7.09. The van der Waals surface area contributed by atoms with Crippen molar-refractivity contribution in [1.82, 2.24) is 10.6 Å². The van der Waals surface area contributed by atoms with E-state index in [1.165, 1.54) is 0 Å². The van der Waals surface area contributed by atoms with E-state index in [0.717, 1.165) is 42.1 Å². The van der Waals surface area contributed by atoms with E-state index in [0.29, 0.717) is 5.92 Å². The highest BCUT2D eigenvalue weighted by Gasteiger charge is 2.30. The Morgan fingerprint density at radius 2 is 1.59 bits per heavy atom. The molecular weight excluding hydrogens is 340 g/mol. The quantitative estimate of drug-likeness (QED) is 0.752. The standard InChI is InChI=1S/C22H28N2O3/c1-15(18-13-23-14-18)22(25)24-21(17-6-10-20(27-3)11-7-17)12-16-4-8-19(26-2)9-5-16/h4-11,15,18,21,23H,12-14H2,1-3H3,(H,24,25). The normalized spacial score (nSPS) is 16.1. The number of ether oxygens (including phenoxy) is 2. The summed E-state index contributed by atoms with van der Waals surface area (Å²) >= 11 is 0. The van der Waals surface area contributed by atoms with Crippen LogP contribution in [0.4, 0.5) is 0 Å². The van der Waals surface area contributed by atoms with Crippen LogP contribution in [-0.4, -0.2) is 33.2 Å². The lowest BCUT2D eigenvalue weighted by Gasteiger charge is -2.33. The summed E-state index contributed by atoms with van der Waals surface area (Å²) < 4.78 is 10.5. The van der Waals surface area contributed by atoms with Gasteiger partial charge in [0.2, 0.25) is 5.91 Å². The molecule has 144 valence electrons. The fraction of sp³-hybridized carbons (Fsp3) is 0.409. The molecule has 2 atom stereocenters. The molecule has 3 rings (SSSR count). The smallest absolute Gasteiger partial charge is 0.223 e. The van der Waals surface area contributed by atoms with Gasteiger partial charge in [0.05, 0.1) is 20.3 Å². The molecule has 27 heavy (non-hydrogen) atoms. The first kappa shape index (κ1) is 19.2. The monoisotopic (exact) mass is 368 g/mol. The van der Waals surface area contributed by atoms with E-state index >= 15 is 0 Å². The molecule has 1 aliphatic rings. The summed E-state index contributed by atoms with van der Waals surface area (Å²) in [6.45, 7) is 3.85. The molecule has 2 N–H and O–H groups in total. The number of carbonyl (C=O) groups excluding carboxylic acids is 1. The van der Waals surface area contributed by atoms with Crippen molar-refractivity contribution in [1.29, 1.82) is 0 Å². The van der Waals surface area contributed by atoms with Gasteiger partial charge >= 0.3 is 0 Å². The Morgan fingerprint density at radius 1 is 1.04 bits per heavy atom. The Labute approximate surface area is 161 Å². The first-order valence-corrected chi connectivity index (χ1v) is 9.38. The molecule has 0 aromatic heterocycles. The van der Waals surface area contributed by atoms with Crippen molar-refractivity contribution in [3.8, 4) is 11.5 Å². The minimum absolute atomic E-state index is 0.00265. The zero-order valence-corrected chi connectivity index (χ0v) is 16.2. The molecular formula is C22H28N2O3. The van der Waals surface area contributed by atoms with Gasteiger partial charge in [-0.2, -0.15) is 0 Å². The number of hydrogen-bond acceptors (Lipinski definition) is 4. The molecule has 1 fully saturated rings. The van der Waals surface area contributed by atoms with Crippen molar-refractivity contribution >= 4 is 5.91 Å². The molecule has 1 amide bonds. The number of benzene rings is 2. The van der Waals surface area contributed by atoms with Gasteiger partial charge in [-0.05, 0) is 60.8 Å².